The zero-order valence-corrected chi connectivity index (χ0v) is 17.4. The van der Waals surface area contributed by atoms with Crippen LogP contribution in [0.25, 0.3) is 0 Å². The smallest absolute Gasteiger partial charge is 0.340 e. The first-order chi connectivity index (χ1) is 15.0. The van der Waals surface area contributed by atoms with Crippen molar-refractivity contribution in [3.63, 3.8) is 0 Å². The molecule has 3 heterocycles. The lowest BCUT2D eigenvalue weighted by atomic mass is 9.84. The molecule has 0 bridgehead atoms. The van der Waals surface area contributed by atoms with E-state index in [4.69, 9.17) is 15.2 Å². The molecule has 1 aliphatic rings. The minimum Gasteiger partial charge on any atom is -0.465 e. The van der Waals surface area contributed by atoms with Crippen LogP contribution in [-0.4, -0.2) is 22.6 Å². The Bertz CT molecular complexity index is 1200. The van der Waals surface area contributed by atoms with Gasteiger partial charge in [0, 0.05) is 30.7 Å². The van der Waals surface area contributed by atoms with E-state index in [0.717, 1.165) is 11.3 Å². The standard InChI is InChI=1S/C24H23N3O4/c1-15-13-18-20(23(28)27(15)12-10-16-7-4-3-5-8-16)19(17-9-6-11-26-14-17)21(22(25)31-18)24(29)30-2/h3-9,11,13-14,19H,10,12,25H2,1-2H3/t19-/m0/s1. The summed E-state index contributed by atoms with van der Waals surface area (Å²) in [6, 6.07) is 15.3. The van der Waals surface area contributed by atoms with Crippen LogP contribution in [0, 0.1) is 6.92 Å². The van der Waals surface area contributed by atoms with Crippen LogP contribution < -0.4 is 16.0 Å². The number of methoxy groups -OCH3 is 1. The van der Waals surface area contributed by atoms with E-state index in [-0.39, 0.29) is 17.0 Å². The summed E-state index contributed by atoms with van der Waals surface area (Å²) in [6.07, 6.45) is 3.94. The van der Waals surface area contributed by atoms with Crippen molar-refractivity contribution in [2.45, 2.75) is 25.8 Å². The number of nitrogens with zero attached hydrogens (tertiary/aromatic N) is 2. The predicted molar refractivity (Wildman–Crippen MR) is 116 cm³/mol. The minimum absolute atomic E-state index is 0.0750. The molecular weight excluding hydrogens is 394 g/mol. The Morgan fingerprint density at radius 1 is 1.23 bits per heavy atom. The number of aryl methyl sites for hydroxylation is 2. The van der Waals surface area contributed by atoms with Crippen molar-refractivity contribution in [3.8, 4) is 5.75 Å². The third kappa shape index (κ3) is 3.82. The molecule has 158 valence electrons. The van der Waals surface area contributed by atoms with Gasteiger partial charge in [0.2, 0.25) is 5.88 Å². The number of carbonyl (C=O) groups is 1. The molecule has 0 saturated carbocycles. The van der Waals surface area contributed by atoms with Crippen LogP contribution >= 0.6 is 0 Å². The van der Waals surface area contributed by atoms with Gasteiger partial charge in [0.25, 0.3) is 5.56 Å². The molecule has 0 spiro atoms. The first kappa shape index (κ1) is 20.4. The normalized spacial score (nSPS) is 15.2. The van der Waals surface area contributed by atoms with Crippen molar-refractivity contribution in [2.75, 3.05) is 7.11 Å². The molecule has 4 rings (SSSR count). The Morgan fingerprint density at radius 3 is 2.68 bits per heavy atom. The van der Waals surface area contributed by atoms with Crippen LogP contribution in [0.1, 0.15) is 28.3 Å². The lowest BCUT2D eigenvalue weighted by Gasteiger charge is -2.28. The Hall–Kier alpha value is -3.87. The second kappa shape index (κ2) is 8.47. The van der Waals surface area contributed by atoms with E-state index >= 15 is 0 Å². The fraction of sp³-hybridized carbons (Fsp3) is 0.208. The second-order valence-corrected chi connectivity index (χ2v) is 7.35. The van der Waals surface area contributed by atoms with Crippen LogP contribution in [0.2, 0.25) is 0 Å². The van der Waals surface area contributed by atoms with E-state index in [9.17, 15) is 9.59 Å². The van der Waals surface area contributed by atoms with E-state index < -0.39 is 11.9 Å². The van der Waals surface area contributed by atoms with Crippen LogP contribution in [0.15, 0.2) is 77.2 Å². The van der Waals surface area contributed by atoms with Gasteiger partial charge in [0.15, 0.2) is 0 Å². The van der Waals surface area contributed by atoms with Gasteiger partial charge in [-0.15, -0.1) is 0 Å². The van der Waals surface area contributed by atoms with Crippen molar-refractivity contribution in [2.24, 2.45) is 5.73 Å². The maximum atomic E-state index is 13.6. The fourth-order valence-corrected chi connectivity index (χ4v) is 3.94. The number of hydrogen-bond acceptors (Lipinski definition) is 6. The molecule has 1 atom stereocenters. The number of rotatable bonds is 5. The number of aromatic nitrogens is 2. The van der Waals surface area contributed by atoms with Gasteiger partial charge in [-0.3, -0.25) is 9.78 Å². The summed E-state index contributed by atoms with van der Waals surface area (Å²) in [4.78, 5) is 30.4. The SMILES string of the molecule is COC(=O)C1=C(N)Oc2cc(C)n(CCc3ccccc3)c(=O)c2[C@@H]1c1cccnc1. The third-order valence-corrected chi connectivity index (χ3v) is 5.46. The molecule has 7 heteroatoms. The maximum absolute atomic E-state index is 13.6. The van der Waals surface area contributed by atoms with E-state index in [1.807, 2.05) is 37.3 Å². The Labute approximate surface area is 179 Å². The van der Waals surface area contributed by atoms with Crippen LogP contribution in [-0.2, 0) is 22.5 Å². The molecule has 0 amide bonds. The first-order valence-electron chi connectivity index (χ1n) is 9.95. The number of ether oxygens (including phenoxy) is 2. The number of hydrogen-bond donors (Lipinski definition) is 1. The van der Waals surface area contributed by atoms with Gasteiger partial charge in [0.05, 0.1) is 18.6 Å². The molecule has 2 N–H and O–H groups in total. The number of pyridine rings is 2. The Balaban J connectivity index is 1.85. The highest BCUT2D eigenvalue weighted by Gasteiger charge is 2.38. The van der Waals surface area contributed by atoms with Crippen LogP contribution in [0.5, 0.6) is 5.75 Å². The Morgan fingerprint density at radius 2 is 2.00 bits per heavy atom. The molecule has 0 fully saturated rings. The van der Waals surface area contributed by atoms with Crippen LogP contribution in [0.3, 0.4) is 0 Å². The van der Waals surface area contributed by atoms with Gasteiger partial charge in [-0.2, -0.15) is 0 Å². The largest absolute Gasteiger partial charge is 0.465 e. The molecule has 1 aliphatic heterocycles. The molecule has 0 unspecified atom stereocenters. The lowest BCUT2D eigenvalue weighted by molar-refractivity contribution is -0.136. The van der Waals surface area contributed by atoms with Gasteiger partial charge in [-0.25, -0.2) is 4.79 Å². The van der Waals surface area contributed by atoms with Crippen molar-refractivity contribution in [1.29, 1.82) is 0 Å². The summed E-state index contributed by atoms with van der Waals surface area (Å²) in [6.45, 7) is 2.35. The maximum Gasteiger partial charge on any atom is 0.340 e. The summed E-state index contributed by atoms with van der Waals surface area (Å²) in [5.74, 6) is -1.11. The zero-order valence-electron chi connectivity index (χ0n) is 17.4. The summed E-state index contributed by atoms with van der Waals surface area (Å²) in [5, 5.41) is 0. The zero-order chi connectivity index (χ0) is 22.0. The van der Waals surface area contributed by atoms with Crippen LogP contribution in [0.4, 0.5) is 0 Å². The summed E-state index contributed by atoms with van der Waals surface area (Å²) >= 11 is 0. The van der Waals surface area contributed by atoms with Gasteiger partial charge < -0.3 is 19.8 Å². The van der Waals surface area contributed by atoms with Gasteiger partial charge >= 0.3 is 5.97 Å². The summed E-state index contributed by atoms with van der Waals surface area (Å²) < 4.78 is 12.4. The number of nitrogens with two attached hydrogens (primary N) is 1. The molecule has 0 saturated heterocycles. The summed E-state index contributed by atoms with van der Waals surface area (Å²) in [5.41, 5.74) is 8.85. The topological polar surface area (TPSA) is 96.4 Å². The number of esters is 1. The van der Waals surface area contributed by atoms with Crippen molar-refractivity contribution in [3.05, 3.63) is 105 Å². The quantitative estimate of drug-likeness (QED) is 0.641. The van der Waals surface area contributed by atoms with Gasteiger partial charge in [0.1, 0.15) is 11.3 Å². The molecule has 31 heavy (non-hydrogen) atoms. The van der Waals surface area contributed by atoms with Crippen molar-refractivity contribution in [1.82, 2.24) is 9.55 Å². The summed E-state index contributed by atoms with van der Waals surface area (Å²) in [7, 11) is 1.27. The van der Waals surface area contributed by atoms with Gasteiger partial charge in [-0.1, -0.05) is 36.4 Å². The highest BCUT2D eigenvalue weighted by molar-refractivity contribution is 5.92. The van der Waals surface area contributed by atoms with Crippen molar-refractivity contribution < 1.29 is 14.3 Å². The number of carbonyl (C=O) groups excluding carboxylic acids is 1. The second-order valence-electron chi connectivity index (χ2n) is 7.35. The molecule has 7 nitrogen and oxygen atoms in total. The number of fused-ring (bicyclic) bond motifs is 1. The van der Waals surface area contributed by atoms with E-state index in [2.05, 4.69) is 4.98 Å². The van der Waals surface area contributed by atoms with E-state index in [1.54, 1.807) is 35.2 Å². The predicted octanol–water partition coefficient (Wildman–Crippen LogP) is 2.66. The molecular formula is C24H23N3O4. The molecule has 1 aromatic carbocycles. The molecule has 2 aromatic heterocycles. The highest BCUT2D eigenvalue weighted by atomic mass is 16.5. The first-order valence-corrected chi connectivity index (χ1v) is 9.95. The van der Waals surface area contributed by atoms with E-state index in [0.29, 0.717) is 29.8 Å². The van der Waals surface area contributed by atoms with Crippen molar-refractivity contribution >= 4 is 5.97 Å². The highest BCUT2D eigenvalue weighted by Crippen LogP contribution is 2.40. The average Bonchev–Trinajstić information content (AvgIpc) is 2.78. The lowest BCUT2D eigenvalue weighted by Crippen LogP contribution is -2.35. The minimum atomic E-state index is -0.735. The average molecular weight is 417 g/mol. The third-order valence-electron chi connectivity index (χ3n) is 5.46. The molecule has 0 aliphatic carbocycles. The fourth-order valence-electron chi connectivity index (χ4n) is 3.94. The molecule has 0 radical (unpaired) electrons. The number of benzene rings is 1. The van der Waals surface area contributed by atoms with Gasteiger partial charge in [-0.05, 0) is 30.5 Å². The molecule has 3 aromatic rings. The Kier molecular flexibility index (Phi) is 5.58. The monoisotopic (exact) mass is 417 g/mol. The van der Waals surface area contributed by atoms with E-state index in [1.165, 1.54) is 7.11 Å².